The van der Waals surface area contributed by atoms with Gasteiger partial charge in [0.25, 0.3) is 0 Å². The van der Waals surface area contributed by atoms with Gasteiger partial charge < -0.3 is 4.74 Å². The molecule has 0 amide bonds. The second-order valence-electron chi connectivity index (χ2n) is 4.94. The lowest BCUT2D eigenvalue weighted by Crippen LogP contribution is -2.55. The zero-order chi connectivity index (χ0) is 11.1. The molecule has 4 heteroatoms. The molecule has 2 bridgehead atoms. The minimum absolute atomic E-state index is 0.0183. The highest BCUT2D eigenvalue weighted by Crippen LogP contribution is 2.63. The molecule has 3 heterocycles. The first-order chi connectivity index (χ1) is 7.62. The Bertz CT molecular complexity index is 578. The minimum atomic E-state index is -2.94. The van der Waals surface area contributed by atoms with E-state index in [4.69, 9.17) is 4.74 Å². The third-order valence-corrected chi connectivity index (χ3v) is 7.04. The number of rotatable bonds is 0. The van der Waals surface area contributed by atoms with Gasteiger partial charge in [0, 0.05) is 5.92 Å². The predicted molar refractivity (Wildman–Crippen MR) is 58.7 cm³/mol. The van der Waals surface area contributed by atoms with Crippen molar-refractivity contribution in [3.05, 3.63) is 35.4 Å². The molecule has 5 atom stereocenters. The van der Waals surface area contributed by atoms with Crippen molar-refractivity contribution in [2.45, 2.75) is 29.6 Å². The van der Waals surface area contributed by atoms with E-state index in [-0.39, 0.29) is 28.6 Å². The molecular weight excluding hydrogens is 224 g/mol. The van der Waals surface area contributed by atoms with Gasteiger partial charge in [0.05, 0.1) is 16.6 Å². The van der Waals surface area contributed by atoms with Crippen LogP contribution in [-0.4, -0.2) is 18.9 Å². The number of fused-ring (bicyclic) bond motifs is 8. The molecule has 0 N–H and O–H groups in total. The molecule has 3 aliphatic heterocycles. The topological polar surface area (TPSA) is 43.4 Å². The first-order valence-corrected chi connectivity index (χ1v) is 7.20. The zero-order valence-electron chi connectivity index (χ0n) is 8.83. The Labute approximate surface area is 94.3 Å². The largest absolute Gasteiger partial charge is 0.364 e. The summed E-state index contributed by atoms with van der Waals surface area (Å²) < 4.78 is 29.8. The molecule has 3 aliphatic rings. The molecule has 1 aromatic rings. The van der Waals surface area contributed by atoms with Crippen molar-refractivity contribution in [3.8, 4) is 0 Å². The Kier molecular flexibility index (Phi) is 1.44. The minimum Gasteiger partial charge on any atom is -0.364 e. The lowest BCUT2D eigenvalue weighted by molar-refractivity contribution is 0.0623. The second kappa shape index (κ2) is 2.51. The van der Waals surface area contributed by atoms with E-state index in [9.17, 15) is 8.42 Å². The van der Waals surface area contributed by atoms with Gasteiger partial charge in [0.1, 0.15) is 6.10 Å². The fraction of sp³-hybridized carbons (Fsp3) is 0.500. The van der Waals surface area contributed by atoms with Gasteiger partial charge in [0.2, 0.25) is 0 Å². The maximum absolute atomic E-state index is 12.0. The summed E-state index contributed by atoms with van der Waals surface area (Å²) in [5, 5.41) is -0.511. The van der Waals surface area contributed by atoms with Gasteiger partial charge in [-0.05, 0) is 18.1 Å². The van der Waals surface area contributed by atoms with Crippen molar-refractivity contribution in [2.24, 2.45) is 5.92 Å². The molecule has 0 spiro atoms. The number of sulfone groups is 1. The SMILES string of the molecule is C[C@@H]1[C@H]2[C@@H]([C@H]3O[C@H]2c2ccccc23)S1(=O)=O. The van der Waals surface area contributed by atoms with Crippen LogP contribution < -0.4 is 0 Å². The Morgan fingerprint density at radius 2 is 1.75 bits per heavy atom. The second-order valence-corrected chi connectivity index (χ2v) is 7.41. The average molecular weight is 236 g/mol. The Hall–Kier alpha value is -0.870. The summed E-state index contributed by atoms with van der Waals surface area (Å²) >= 11 is 0. The van der Waals surface area contributed by atoms with E-state index in [1.54, 1.807) is 0 Å². The highest BCUT2D eigenvalue weighted by molar-refractivity contribution is 7.94. The molecule has 0 saturated carbocycles. The molecule has 2 saturated heterocycles. The van der Waals surface area contributed by atoms with E-state index >= 15 is 0 Å². The smallest absolute Gasteiger partial charge is 0.159 e. The summed E-state index contributed by atoms with van der Waals surface area (Å²) in [6.07, 6.45) is -0.183. The molecule has 1 aromatic carbocycles. The van der Waals surface area contributed by atoms with E-state index in [1.807, 2.05) is 25.1 Å². The number of hydrogen-bond donors (Lipinski definition) is 0. The summed E-state index contributed by atoms with van der Waals surface area (Å²) in [7, 11) is -2.94. The van der Waals surface area contributed by atoms with E-state index in [0.29, 0.717) is 0 Å². The molecule has 84 valence electrons. The number of benzene rings is 1. The molecule has 16 heavy (non-hydrogen) atoms. The van der Waals surface area contributed by atoms with Crippen LogP contribution in [0.25, 0.3) is 0 Å². The summed E-state index contributed by atoms with van der Waals surface area (Å²) in [5.74, 6) is 0.185. The van der Waals surface area contributed by atoms with Crippen molar-refractivity contribution >= 4 is 9.84 Å². The summed E-state index contributed by atoms with van der Waals surface area (Å²) in [4.78, 5) is 0. The van der Waals surface area contributed by atoms with Crippen LogP contribution in [0.3, 0.4) is 0 Å². The summed E-state index contributed by atoms with van der Waals surface area (Å²) in [5.41, 5.74) is 2.29. The van der Waals surface area contributed by atoms with Gasteiger partial charge >= 0.3 is 0 Å². The predicted octanol–water partition coefficient (Wildman–Crippen LogP) is 1.61. The molecule has 2 fully saturated rings. The van der Waals surface area contributed by atoms with Crippen LogP contribution in [0.15, 0.2) is 24.3 Å². The third kappa shape index (κ3) is 0.769. The standard InChI is InChI=1S/C12H12O3S/c1-6-9-10-7-4-2-3-5-8(7)11(15-10)12(9)16(6,13)14/h2-6,9-12H,1H3/t6-,9-,10+,11+,12+/m1/s1. The maximum Gasteiger partial charge on any atom is 0.159 e. The van der Waals surface area contributed by atoms with Crippen molar-refractivity contribution in [1.29, 1.82) is 0 Å². The van der Waals surface area contributed by atoms with Gasteiger partial charge in [-0.2, -0.15) is 0 Å². The van der Waals surface area contributed by atoms with Crippen LogP contribution in [0, 0.1) is 5.92 Å². The zero-order valence-corrected chi connectivity index (χ0v) is 9.65. The maximum atomic E-state index is 12.0. The van der Waals surface area contributed by atoms with Gasteiger partial charge in [-0.3, -0.25) is 0 Å². The van der Waals surface area contributed by atoms with E-state index in [1.165, 1.54) is 5.56 Å². The van der Waals surface area contributed by atoms with Crippen molar-refractivity contribution in [2.75, 3.05) is 0 Å². The normalized spacial score (nSPS) is 45.9. The Balaban J connectivity index is 1.92. The van der Waals surface area contributed by atoms with Crippen LogP contribution in [0.1, 0.15) is 30.3 Å². The first kappa shape index (κ1) is 9.19. The van der Waals surface area contributed by atoms with Gasteiger partial charge in [-0.25, -0.2) is 8.42 Å². The average Bonchev–Trinajstić information content (AvgIpc) is 2.83. The van der Waals surface area contributed by atoms with Crippen molar-refractivity contribution in [3.63, 3.8) is 0 Å². The fourth-order valence-corrected chi connectivity index (χ4v) is 5.89. The highest BCUT2D eigenvalue weighted by Gasteiger charge is 2.68. The van der Waals surface area contributed by atoms with E-state index < -0.39 is 9.84 Å². The van der Waals surface area contributed by atoms with Gasteiger partial charge in [-0.1, -0.05) is 24.3 Å². The van der Waals surface area contributed by atoms with Crippen LogP contribution >= 0.6 is 0 Å². The molecule has 0 aromatic heterocycles. The number of ether oxygens (including phenoxy) is 1. The molecule has 0 radical (unpaired) electrons. The van der Waals surface area contributed by atoms with Crippen LogP contribution in [0.2, 0.25) is 0 Å². The third-order valence-electron chi connectivity index (χ3n) is 4.37. The van der Waals surface area contributed by atoms with Crippen molar-refractivity contribution < 1.29 is 13.2 Å². The molecule has 4 rings (SSSR count). The van der Waals surface area contributed by atoms with Gasteiger partial charge in [0.15, 0.2) is 9.84 Å². The molecular formula is C12H12O3S. The summed E-state index contributed by atoms with van der Waals surface area (Å²) in [6.45, 7) is 1.81. The quantitative estimate of drug-likeness (QED) is 0.687. The molecule has 0 unspecified atom stereocenters. The summed E-state index contributed by atoms with van der Waals surface area (Å²) in [6, 6.07) is 8.00. The lowest BCUT2D eigenvalue weighted by Gasteiger charge is -2.43. The van der Waals surface area contributed by atoms with E-state index in [0.717, 1.165) is 5.56 Å². The van der Waals surface area contributed by atoms with Gasteiger partial charge in [-0.15, -0.1) is 0 Å². The molecule has 0 aliphatic carbocycles. The monoisotopic (exact) mass is 236 g/mol. The fourth-order valence-electron chi connectivity index (χ4n) is 3.54. The highest BCUT2D eigenvalue weighted by atomic mass is 32.2. The number of hydrogen-bond acceptors (Lipinski definition) is 3. The first-order valence-electron chi connectivity index (χ1n) is 5.59. The Morgan fingerprint density at radius 1 is 1.12 bits per heavy atom. The van der Waals surface area contributed by atoms with Crippen LogP contribution in [-0.2, 0) is 14.6 Å². The van der Waals surface area contributed by atoms with Crippen molar-refractivity contribution in [1.82, 2.24) is 0 Å². The molecule has 3 nitrogen and oxygen atoms in total. The van der Waals surface area contributed by atoms with Crippen LogP contribution in [0.5, 0.6) is 0 Å². The van der Waals surface area contributed by atoms with E-state index in [2.05, 4.69) is 6.07 Å². The Morgan fingerprint density at radius 3 is 2.44 bits per heavy atom. The lowest BCUT2D eigenvalue weighted by atomic mass is 9.81. The van der Waals surface area contributed by atoms with Crippen LogP contribution in [0.4, 0.5) is 0 Å².